The van der Waals surface area contributed by atoms with Gasteiger partial charge in [-0.05, 0) is 12.1 Å². The molecule has 1 aromatic carbocycles. The molecule has 0 amide bonds. The molecule has 0 unspecified atom stereocenters. The average molecular weight is 357 g/mol. The third-order valence-corrected chi connectivity index (χ3v) is 3.93. The van der Waals surface area contributed by atoms with Crippen molar-refractivity contribution < 1.29 is 17.9 Å². The van der Waals surface area contributed by atoms with Crippen LogP contribution in [0.1, 0.15) is 5.69 Å². The summed E-state index contributed by atoms with van der Waals surface area (Å²) in [5.74, 6) is 0.00876. The maximum Gasteiger partial charge on any atom is 0.433 e. The lowest BCUT2D eigenvalue weighted by molar-refractivity contribution is -0.141. The van der Waals surface area contributed by atoms with E-state index in [0.29, 0.717) is 0 Å². The Morgan fingerprint density at radius 2 is 1.71 bits per heavy atom. The van der Waals surface area contributed by atoms with Crippen molar-refractivity contribution in [2.24, 2.45) is 0 Å². The first kappa shape index (κ1) is 16.2. The van der Waals surface area contributed by atoms with Crippen LogP contribution in [0.4, 0.5) is 13.2 Å². The van der Waals surface area contributed by atoms with Gasteiger partial charge in [-0.15, -0.1) is 0 Å². The molecule has 0 spiro atoms. The monoisotopic (exact) mass is 355 g/mol. The third-order valence-electron chi connectivity index (χ3n) is 2.64. The van der Waals surface area contributed by atoms with E-state index in [0.717, 1.165) is 6.07 Å². The Morgan fingerprint density at radius 1 is 1.05 bits per heavy atom. The first-order valence-electron chi connectivity index (χ1n) is 5.51. The minimum absolute atomic E-state index is 0.00876. The second kappa shape index (κ2) is 5.91. The number of aromatic nitrogens is 1. The summed E-state index contributed by atoms with van der Waals surface area (Å²) in [6.07, 6.45) is -4.61. The molecular weight excluding hydrogens is 350 g/mol. The number of nitrogens with zero attached hydrogens (tertiary/aromatic N) is 1. The Kier molecular flexibility index (Phi) is 4.56. The summed E-state index contributed by atoms with van der Waals surface area (Å²) in [6, 6.07) is 5.01. The summed E-state index contributed by atoms with van der Waals surface area (Å²) in [5, 5.41) is 0.274. The molecule has 0 atom stereocenters. The van der Waals surface area contributed by atoms with Crippen LogP contribution in [-0.2, 0) is 6.18 Å². The molecule has 0 aliphatic carbocycles. The van der Waals surface area contributed by atoms with Crippen LogP contribution < -0.4 is 4.74 Å². The molecule has 0 radical (unpaired) electrons. The molecule has 0 aliphatic rings. The van der Waals surface area contributed by atoms with E-state index in [9.17, 15) is 13.2 Å². The first-order valence-corrected chi connectivity index (χ1v) is 6.64. The zero-order valence-corrected chi connectivity index (χ0v) is 12.7. The van der Waals surface area contributed by atoms with Gasteiger partial charge in [-0.25, -0.2) is 4.98 Å². The average Bonchev–Trinajstić information content (AvgIpc) is 2.43. The van der Waals surface area contributed by atoms with Crippen molar-refractivity contribution in [3.63, 3.8) is 0 Å². The maximum absolute atomic E-state index is 12.8. The minimum atomic E-state index is -4.61. The van der Waals surface area contributed by atoms with Gasteiger partial charge < -0.3 is 4.74 Å². The van der Waals surface area contributed by atoms with Gasteiger partial charge in [-0.2, -0.15) is 13.2 Å². The molecule has 8 heteroatoms. The molecule has 112 valence electrons. The number of alkyl halides is 3. The van der Waals surface area contributed by atoms with Crippen LogP contribution in [0, 0.1) is 0 Å². The summed E-state index contributed by atoms with van der Waals surface area (Å²) >= 11 is 17.7. The first-order chi connectivity index (χ1) is 9.74. The van der Waals surface area contributed by atoms with E-state index >= 15 is 0 Å². The molecule has 1 heterocycles. The van der Waals surface area contributed by atoms with Crippen LogP contribution in [-0.4, -0.2) is 12.1 Å². The van der Waals surface area contributed by atoms with Crippen LogP contribution in [0.2, 0.25) is 15.1 Å². The Balaban J connectivity index is 2.67. The summed E-state index contributed by atoms with van der Waals surface area (Å²) in [7, 11) is 1.26. The van der Waals surface area contributed by atoms with Crippen molar-refractivity contribution >= 4 is 34.8 Å². The van der Waals surface area contributed by atoms with Gasteiger partial charge >= 0.3 is 6.18 Å². The van der Waals surface area contributed by atoms with Crippen molar-refractivity contribution in [1.82, 2.24) is 4.98 Å². The quantitative estimate of drug-likeness (QED) is 0.640. The number of halogens is 6. The Bertz CT molecular complexity index is 689. The fourth-order valence-corrected chi connectivity index (χ4v) is 2.26. The van der Waals surface area contributed by atoms with Gasteiger partial charge in [0.15, 0.2) is 0 Å². The molecule has 2 nitrogen and oxygen atoms in total. The Labute approximate surface area is 133 Å². The second-order valence-electron chi connectivity index (χ2n) is 4.00. The summed E-state index contributed by atoms with van der Waals surface area (Å²) in [4.78, 5) is 3.56. The summed E-state index contributed by atoms with van der Waals surface area (Å²) in [5.41, 5.74) is -0.861. The molecule has 21 heavy (non-hydrogen) atoms. The predicted molar refractivity (Wildman–Crippen MR) is 76.3 cm³/mol. The van der Waals surface area contributed by atoms with Gasteiger partial charge in [-0.1, -0.05) is 34.8 Å². The number of methoxy groups -OCH3 is 1. The van der Waals surface area contributed by atoms with Crippen molar-refractivity contribution in [2.75, 3.05) is 7.11 Å². The number of hydrogen-bond donors (Lipinski definition) is 0. The zero-order valence-electron chi connectivity index (χ0n) is 10.4. The largest absolute Gasteiger partial charge is 0.497 e. The molecule has 2 aromatic rings. The highest BCUT2D eigenvalue weighted by Gasteiger charge is 2.33. The van der Waals surface area contributed by atoms with E-state index in [1.807, 2.05) is 0 Å². The van der Waals surface area contributed by atoms with Gasteiger partial charge in [-0.3, -0.25) is 0 Å². The van der Waals surface area contributed by atoms with Crippen LogP contribution in [0.15, 0.2) is 24.3 Å². The topological polar surface area (TPSA) is 22.1 Å². The van der Waals surface area contributed by atoms with Crippen LogP contribution >= 0.6 is 34.8 Å². The number of pyridine rings is 1. The molecule has 0 fully saturated rings. The normalized spacial score (nSPS) is 11.6. The maximum atomic E-state index is 12.8. The number of rotatable bonds is 2. The van der Waals surface area contributed by atoms with Gasteiger partial charge in [0.1, 0.15) is 11.4 Å². The Hall–Kier alpha value is -1.17. The minimum Gasteiger partial charge on any atom is -0.497 e. The molecule has 0 saturated carbocycles. The summed E-state index contributed by atoms with van der Waals surface area (Å²) in [6.45, 7) is 0. The van der Waals surface area contributed by atoms with E-state index in [1.165, 1.54) is 25.3 Å². The van der Waals surface area contributed by atoms with Crippen LogP contribution in [0.3, 0.4) is 0 Å². The molecule has 1 aromatic heterocycles. The number of benzene rings is 1. The van der Waals surface area contributed by atoms with E-state index < -0.39 is 11.9 Å². The highest BCUT2D eigenvalue weighted by Crippen LogP contribution is 2.39. The molecule has 2 rings (SSSR count). The Morgan fingerprint density at radius 3 is 2.29 bits per heavy atom. The third kappa shape index (κ3) is 3.36. The van der Waals surface area contributed by atoms with Gasteiger partial charge in [0, 0.05) is 17.7 Å². The molecule has 0 aliphatic heterocycles. The zero-order chi connectivity index (χ0) is 15.8. The van der Waals surface area contributed by atoms with E-state index in [1.54, 1.807) is 0 Å². The standard InChI is InChI=1S/C13H7Cl3F3NO/c1-21-6-4-9(20-10(5-6)13(17,18)19)7-2-3-8(14)12(16)11(7)15/h2-5H,1H3. The van der Waals surface area contributed by atoms with Crippen molar-refractivity contribution in [2.45, 2.75) is 6.18 Å². The van der Waals surface area contributed by atoms with Crippen molar-refractivity contribution in [3.8, 4) is 17.0 Å². The highest BCUT2D eigenvalue weighted by molar-refractivity contribution is 6.49. The fraction of sp³-hybridized carbons (Fsp3) is 0.154. The van der Waals surface area contributed by atoms with Gasteiger partial charge in [0.25, 0.3) is 0 Å². The highest BCUT2D eigenvalue weighted by atomic mass is 35.5. The number of hydrogen-bond acceptors (Lipinski definition) is 2. The lowest BCUT2D eigenvalue weighted by Gasteiger charge is -2.12. The lowest BCUT2D eigenvalue weighted by atomic mass is 10.1. The van der Waals surface area contributed by atoms with Gasteiger partial charge in [0.2, 0.25) is 0 Å². The van der Waals surface area contributed by atoms with E-state index in [2.05, 4.69) is 4.98 Å². The molecule has 0 saturated heterocycles. The summed E-state index contributed by atoms with van der Waals surface area (Å²) < 4.78 is 43.4. The molecular formula is C13H7Cl3F3NO. The van der Waals surface area contributed by atoms with E-state index in [4.69, 9.17) is 39.5 Å². The number of ether oxygens (including phenoxy) is 1. The second-order valence-corrected chi connectivity index (χ2v) is 5.16. The van der Waals surface area contributed by atoms with Crippen LogP contribution in [0.25, 0.3) is 11.3 Å². The lowest BCUT2D eigenvalue weighted by Crippen LogP contribution is -2.09. The predicted octanol–water partition coefficient (Wildman–Crippen LogP) is 5.74. The van der Waals surface area contributed by atoms with Gasteiger partial charge in [0.05, 0.1) is 27.9 Å². The fourth-order valence-electron chi connectivity index (χ4n) is 1.63. The van der Waals surface area contributed by atoms with Crippen molar-refractivity contribution in [3.05, 3.63) is 45.0 Å². The van der Waals surface area contributed by atoms with Crippen LogP contribution in [0.5, 0.6) is 5.75 Å². The molecule has 0 N–H and O–H groups in total. The SMILES string of the molecule is COc1cc(-c2ccc(Cl)c(Cl)c2Cl)nc(C(F)(F)F)c1. The van der Waals surface area contributed by atoms with E-state index in [-0.39, 0.29) is 32.1 Å². The van der Waals surface area contributed by atoms with Crippen molar-refractivity contribution in [1.29, 1.82) is 0 Å². The molecule has 0 bridgehead atoms. The smallest absolute Gasteiger partial charge is 0.433 e.